The number of hydrogen-bond donors (Lipinski definition) is 0. The van der Waals surface area contributed by atoms with Crippen molar-refractivity contribution in [2.75, 3.05) is 0 Å². The van der Waals surface area contributed by atoms with Crippen molar-refractivity contribution in [2.45, 2.75) is 13.3 Å². The monoisotopic (exact) mass is 221 g/mol. The molecule has 0 aromatic rings. The highest BCUT2D eigenvalue weighted by molar-refractivity contribution is 14.2. The molecule has 44 valence electrons. The molecule has 0 atom stereocenters. The molecule has 1 aliphatic heterocycles. The van der Waals surface area contributed by atoms with Crippen LogP contribution in [0.25, 0.3) is 0 Å². The molecular weight excluding hydrogens is 213 g/mol. The van der Waals surface area contributed by atoms with E-state index in [4.69, 9.17) is 0 Å². The Labute approximate surface area is 59.6 Å². The summed E-state index contributed by atoms with van der Waals surface area (Å²) < 4.78 is 6.50. The fraction of sp³-hybridized carbons (Fsp3) is 0.333. The maximum absolute atomic E-state index is 4.33. The Morgan fingerprint density at radius 2 is 2.62 bits per heavy atom. The van der Waals surface area contributed by atoms with E-state index in [1.165, 1.54) is 5.70 Å². The lowest BCUT2D eigenvalue weighted by molar-refractivity contribution is 1.09. The molecule has 8 heavy (non-hydrogen) atoms. The summed E-state index contributed by atoms with van der Waals surface area (Å²) in [6.45, 7) is 2.14. The normalized spacial score (nSPS) is 17.4. The Kier molecular flexibility index (Phi) is 2.39. The number of nitrogens with zero attached hydrogens (tertiary/aromatic N) is 1. The Morgan fingerprint density at radius 3 is 3.00 bits per heavy atom. The van der Waals surface area contributed by atoms with Crippen molar-refractivity contribution in [3.63, 3.8) is 0 Å². The maximum atomic E-state index is 4.33. The van der Waals surface area contributed by atoms with E-state index >= 15 is 0 Å². The Morgan fingerprint density at radius 1 is 1.75 bits per heavy atom. The lowest BCUT2D eigenvalue weighted by Crippen LogP contribution is -1.70. The van der Waals surface area contributed by atoms with Gasteiger partial charge in [-0.25, -0.2) is 3.15 Å². The summed E-state index contributed by atoms with van der Waals surface area (Å²) in [4.78, 5) is 0. The van der Waals surface area contributed by atoms with Crippen LogP contribution < -0.4 is 0 Å². The molecule has 0 spiro atoms. The highest BCUT2D eigenvalue weighted by atomic mass is 127. The molecule has 0 bridgehead atoms. The summed E-state index contributed by atoms with van der Waals surface area (Å²) >= 11 is 0.0443. The molecule has 0 amide bonds. The Hall–Kier alpha value is 0.01000. The zero-order chi connectivity index (χ0) is 5.82. The van der Waals surface area contributed by atoms with E-state index in [2.05, 4.69) is 26.3 Å². The molecular formula is C6H8IN. The second-order valence-corrected chi connectivity index (χ2v) is 3.27. The molecule has 0 saturated carbocycles. The van der Waals surface area contributed by atoms with Crippen LogP contribution >= 0.6 is 21.0 Å². The summed E-state index contributed by atoms with van der Waals surface area (Å²) in [6, 6.07) is 0. The van der Waals surface area contributed by atoms with Crippen molar-refractivity contribution in [2.24, 2.45) is 3.15 Å². The van der Waals surface area contributed by atoms with Crippen LogP contribution in [0.5, 0.6) is 0 Å². The van der Waals surface area contributed by atoms with Crippen molar-refractivity contribution in [3.05, 3.63) is 21.9 Å². The summed E-state index contributed by atoms with van der Waals surface area (Å²) in [5.41, 5.74) is 1.26. The fourth-order valence-corrected chi connectivity index (χ4v) is 1.89. The van der Waals surface area contributed by atoms with E-state index in [0.29, 0.717) is 0 Å². The van der Waals surface area contributed by atoms with Crippen molar-refractivity contribution < 1.29 is 0 Å². The summed E-state index contributed by atoms with van der Waals surface area (Å²) in [7, 11) is 0. The Balaban J connectivity index is 2.68. The quantitative estimate of drug-likeness (QED) is 0.603. The largest absolute Gasteiger partial charge is 0.227 e. The minimum atomic E-state index is 0.0443. The van der Waals surface area contributed by atoms with Crippen molar-refractivity contribution >= 4 is 21.0 Å². The van der Waals surface area contributed by atoms with Gasteiger partial charge in [-0.2, -0.15) is 0 Å². The first-order valence-electron chi connectivity index (χ1n) is 2.63. The molecule has 1 rings (SSSR count). The highest BCUT2D eigenvalue weighted by Gasteiger charge is 1.87. The van der Waals surface area contributed by atoms with E-state index < -0.39 is 0 Å². The van der Waals surface area contributed by atoms with Crippen LogP contribution in [0.3, 0.4) is 0 Å². The third kappa shape index (κ3) is 1.51. The van der Waals surface area contributed by atoms with Crippen LogP contribution in [0.4, 0.5) is 0 Å². The average Bonchev–Trinajstić information content (AvgIpc) is 1.90. The summed E-state index contributed by atoms with van der Waals surface area (Å²) in [6.07, 6.45) is 5.28. The smallest absolute Gasteiger partial charge is 0.0462 e. The van der Waals surface area contributed by atoms with E-state index in [-0.39, 0.29) is 21.0 Å². The molecule has 0 aromatic heterocycles. The third-order valence-corrected chi connectivity index (χ3v) is 2.57. The van der Waals surface area contributed by atoms with Crippen LogP contribution in [0.2, 0.25) is 0 Å². The minimum Gasteiger partial charge on any atom is -0.227 e. The lowest BCUT2D eigenvalue weighted by Gasteiger charge is -1.93. The first-order valence-corrected chi connectivity index (χ1v) is 4.84. The van der Waals surface area contributed by atoms with E-state index in [1.807, 2.05) is 0 Å². The molecule has 0 saturated heterocycles. The van der Waals surface area contributed by atoms with Gasteiger partial charge in [0.2, 0.25) is 0 Å². The molecule has 0 aromatic carbocycles. The van der Waals surface area contributed by atoms with Crippen molar-refractivity contribution in [1.29, 1.82) is 0 Å². The van der Waals surface area contributed by atoms with Gasteiger partial charge < -0.3 is 0 Å². The first-order chi connectivity index (χ1) is 3.93. The van der Waals surface area contributed by atoms with E-state index in [1.54, 1.807) is 0 Å². The van der Waals surface area contributed by atoms with E-state index in [0.717, 1.165) is 6.42 Å². The van der Waals surface area contributed by atoms with Crippen LogP contribution in [0.1, 0.15) is 13.3 Å². The van der Waals surface area contributed by atoms with Gasteiger partial charge in [0.15, 0.2) is 0 Å². The molecule has 0 aliphatic carbocycles. The van der Waals surface area contributed by atoms with Gasteiger partial charge >= 0.3 is 0 Å². The van der Waals surface area contributed by atoms with Gasteiger partial charge in [0, 0.05) is 26.7 Å². The van der Waals surface area contributed by atoms with Crippen LogP contribution in [0.15, 0.2) is 25.1 Å². The SMILES string of the molecule is CCC1=CC=CI=N1. The minimum absolute atomic E-state index is 0.0443. The van der Waals surface area contributed by atoms with Gasteiger partial charge in [-0.15, -0.1) is 0 Å². The van der Waals surface area contributed by atoms with Gasteiger partial charge in [0.1, 0.15) is 0 Å². The number of allylic oxidation sites excluding steroid dienone is 3. The molecule has 0 N–H and O–H groups in total. The molecule has 2 heteroatoms. The molecule has 0 radical (unpaired) electrons. The lowest BCUT2D eigenvalue weighted by atomic mass is 10.3. The van der Waals surface area contributed by atoms with Gasteiger partial charge in [-0.3, -0.25) is 0 Å². The van der Waals surface area contributed by atoms with Gasteiger partial charge in [-0.1, -0.05) is 13.0 Å². The standard InChI is InChI=1S/C6H8IN/c1-2-6-4-3-5-7-8-6/h3-5H,2H2,1H3. The molecule has 1 aliphatic rings. The topological polar surface area (TPSA) is 12.4 Å². The van der Waals surface area contributed by atoms with Gasteiger partial charge in [0.05, 0.1) is 0 Å². The fourth-order valence-electron chi connectivity index (χ4n) is 0.477. The Bertz CT molecular complexity index is 156. The van der Waals surface area contributed by atoms with Crippen LogP contribution in [-0.2, 0) is 0 Å². The van der Waals surface area contributed by atoms with Gasteiger partial charge in [-0.05, 0) is 16.6 Å². The van der Waals surface area contributed by atoms with Crippen molar-refractivity contribution in [1.82, 2.24) is 0 Å². The number of rotatable bonds is 1. The summed E-state index contributed by atoms with van der Waals surface area (Å²) in [5.74, 6) is 0. The first kappa shape index (κ1) is 6.13. The predicted molar refractivity (Wildman–Crippen MR) is 44.0 cm³/mol. The molecule has 0 unspecified atom stereocenters. The molecule has 1 nitrogen and oxygen atoms in total. The van der Waals surface area contributed by atoms with Gasteiger partial charge in [0.25, 0.3) is 0 Å². The zero-order valence-electron chi connectivity index (χ0n) is 4.76. The second kappa shape index (κ2) is 3.12. The van der Waals surface area contributed by atoms with Crippen molar-refractivity contribution in [3.8, 4) is 0 Å². The molecule has 1 heterocycles. The second-order valence-electron chi connectivity index (χ2n) is 1.51. The average molecular weight is 221 g/mol. The predicted octanol–water partition coefficient (Wildman–Crippen LogP) is 2.96. The third-order valence-electron chi connectivity index (χ3n) is 0.937. The number of halogens is 1. The molecule has 0 fully saturated rings. The zero-order valence-corrected chi connectivity index (χ0v) is 6.92. The van der Waals surface area contributed by atoms with Crippen LogP contribution in [0, 0.1) is 0 Å². The highest BCUT2D eigenvalue weighted by Crippen LogP contribution is 2.16. The van der Waals surface area contributed by atoms with E-state index in [9.17, 15) is 0 Å². The van der Waals surface area contributed by atoms with Crippen LogP contribution in [-0.4, -0.2) is 0 Å². The maximum Gasteiger partial charge on any atom is 0.0462 e. The number of hydrogen-bond acceptors (Lipinski definition) is 1. The summed E-state index contributed by atoms with van der Waals surface area (Å²) in [5, 5.41) is 0.